The fourth-order valence-corrected chi connectivity index (χ4v) is 2.50. The van der Waals surface area contributed by atoms with E-state index in [1.54, 1.807) is 0 Å². The number of hydrogen-bond acceptors (Lipinski definition) is 2. The average molecular weight is 302 g/mol. The van der Waals surface area contributed by atoms with Crippen molar-refractivity contribution in [1.29, 1.82) is 0 Å². The zero-order chi connectivity index (χ0) is 15.6. The van der Waals surface area contributed by atoms with Crippen LogP contribution in [0, 0.1) is 5.92 Å². The van der Waals surface area contributed by atoms with E-state index in [2.05, 4.69) is 6.92 Å². The van der Waals surface area contributed by atoms with Gasteiger partial charge in [-0.25, -0.2) is 4.79 Å². The largest absolute Gasteiger partial charge is 0.490 e. The fraction of sp³-hybridized carbons (Fsp3) is 0.533. The van der Waals surface area contributed by atoms with Gasteiger partial charge in [-0.2, -0.15) is 13.2 Å². The van der Waals surface area contributed by atoms with Gasteiger partial charge in [-0.05, 0) is 49.8 Å². The summed E-state index contributed by atoms with van der Waals surface area (Å²) in [6.45, 7) is 2.14. The lowest BCUT2D eigenvalue weighted by Gasteiger charge is -2.27. The smallest absolute Gasteiger partial charge is 0.416 e. The summed E-state index contributed by atoms with van der Waals surface area (Å²) in [4.78, 5) is 11.1. The molecule has 0 saturated heterocycles. The van der Waals surface area contributed by atoms with E-state index in [0.717, 1.165) is 37.8 Å². The van der Waals surface area contributed by atoms with Crippen molar-refractivity contribution in [2.45, 2.75) is 44.9 Å². The zero-order valence-corrected chi connectivity index (χ0v) is 11.6. The van der Waals surface area contributed by atoms with E-state index >= 15 is 0 Å². The summed E-state index contributed by atoms with van der Waals surface area (Å²) in [5, 5.41) is 9.08. The lowest BCUT2D eigenvalue weighted by Crippen LogP contribution is -2.24. The lowest BCUT2D eigenvalue weighted by atomic mass is 9.89. The quantitative estimate of drug-likeness (QED) is 0.902. The third-order valence-corrected chi connectivity index (χ3v) is 3.79. The number of ether oxygens (including phenoxy) is 1. The Morgan fingerprint density at radius 2 is 1.86 bits per heavy atom. The molecule has 1 N–H and O–H groups in total. The molecule has 1 aromatic rings. The van der Waals surface area contributed by atoms with E-state index < -0.39 is 23.3 Å². The summed E-state index contributed by atoms with van der Waals surface area (Å²) in [5.41, 5.74) is -1.42. The van der Waals surface area contributed by atoms with Gasteiger partial charge in [0, 0.05) is 0 Å². The van der Waals surface area contributed by atoms with Crippen LogP contribution in [0.15, 0.2) is 18.2 Å². The van der Waals surface area contributed by atoms with E-state index in [9.17, 15) is 18.0 Å². The van der Waals surface area contributed by atoms with Crippen molar-refractivity contribution in [2.24, 2.45) is 5.92 Å². The highest BCUT2D eigenvalue weighted by Gasteiger charge is 2.32. The molecule has 21 heavy (non-hydrogen) atoms. The van der Waals surface area contributed by atoms with Crippen LogP contribution in [0.3, 0.4) is 0 Å². The number of benzene rings is 1. The topological polar surface area (TPSA) is 46.5 Å². The number of aromatic carboxylic acids is 1. The van der Waals surface area contributed by atoms with Crippen LogP contribution in [-0.2, 0) is 6.18 Å². The summed E-state index contributed by atoms with van der Waals surface area (Å²) in [6, 6.07) is 2.58. The summed E-state index contributed by atoms with van der Waals surface area (Å²) in [6.07, 6.45) is -1.15. The molecule has 1 aromatic carbocycles. The fourth-order valence-electron chi connectivity index (χ4n) is 2.50. The Morgan fingerprint density at radius 1 is 1.24 bits per heavy atom. The molecule has 1 aliphatic rings. The Morgan fingerprint density at radius 3 is 2.38 bits per heavy atom. The molecule has 0 amide bonds. The summed E-state index contributed by atoms with van der Waals surface area (Å²) >= 11 is 0. The second kappa shape index (κ2) is 5.95. The highest BCUT2D eigenvalue weighted by molar-refractivity contribution is 5.91. The average Bonchev–Trinajstić information content (AvgIpc) is 2.40. The first kappa shape index (κ1) is 15.7. The molecule has 0 aliphatic heterocycles. The maximum Gasteiger partial charge on any atom is 0.416 e. The number of carbonyl (C=O) groups is 1. The van der Waals surface area contributed by atoms with Crippen molar-refractivity contribution in [3.05, 3.63) is 29.3 Å². The van der Waals surface area contributed by atoms with Gasteiger partial charge in [-0.15, -0.1) is 0 Å². The van der Waals surface area contributed by atoms with E-state index in [1.807, 2.05) is 0 Å². The molecule has 0 unspecified atom stereocenters. The molecule has 0 radical (unpaired) electrons. The van der Waals surface area contributed by atoms with Crippen LogP contribution < -0.4 is 4.74 Å². The summed E-state index contributed by atoms with van der Waals surface area (Å²) in [5.74, 6) is -0.799. The predicted molar refractivity (Wildman–Crippen MR) is 70.5 cm³/mol. The molecule has 0 bridgehead atoms. The third kappa shape index (κ3) is 3.89. The van der Waals surface area contributed by atoms with Crippen molar-refractivity contribution >= 4 is 5.97 Å². The maximum absolute atomic E-state index is 12.6. The van der Waals surface area contributed by atoms with Gasteiger partial charge in [-0.1, -0.05) is 6.92 Å². The summed E-state index contributed by atoms with van der Waals surface area (Å²) < 4.78 is 43.5. The van der Waals surface area contributed by atoms with Gasteiger partial charge in [0.2, 0.25) is 0 Å². The van der Waals surface area contributed by atoms with Crippen molar-refractivity contribution in [3.63, 3.8) is 0 Å². The zero-order valence-electron chi connectivity index (χ0n) is 11.6. The number of alkyl halides is 3. The molecule has 6 heteroatoms. The monoisotopic (exact) mass is 302 g/mol. The standard InChI is InChI=1S/C15H17F3O3/c1-9-2-5-11(6-3-9)21-13-7-4-10(15(16,17)18)8-12(13)14(19)20/h4,7-9,11H,2-3,5-6H2,1H3,(H,19,20). The van der Waals surface area contributed by atoms with E-state index in [0.29, 0.717) is 12.0 Å². The SMILES string of the molecule is CC1CCC(Oc2ccc(C(F)(F)F)cc2C(=O)O)CC1. The van der Waals surface area contributed by atoms with Crippen LogP contribution >= 0.6 is 0 Å². The van der Waals surface area contributed by atoms with E-state index in [-0.39, 0.29) is 11.9 Å². The van der Waals surface area contributed by atoms with Crippen molar-refractivity contribution in [3.8, 4) is 5.75 Å². The van der Waals surface area contributed by atoms with E-state index in [1.165, 1.54) is 0 Å². The first-order valence-corrected chi connectivity index (χ1v) is 6.88. The lowest BCUT2D eigenvalue weighted by molar-refractivity contribution is -0.137. The van der Waals surface area contributed by atoms with Crippen LogP contribution in [0.4, 0.5) is 13.2 Å². The maximum atomic E-state index is 12.6. The Labute approximate surface area is 120 Å². The van der Waals surface area contributed by atoms with Gasteiger partial charge in [-0.3, -0.25) is 0 Å². The molecule has 1 saturated carbocycles. The molecule has 116 valence electrons. The predicted octanol–water partition coefficient (Wildman–Crippen LogP) is 4.36. The van der Waals surface area contributed by atoms with E-state index in [4.69, 9.17) is 9.84 Å². The highest BCUT2D eigenvalue weighted by atomic mass is 19.4. The van der Waals surface area contributed by atoms with Crippen molar-refractivity contribution in [2.75, 3.05) is 0 Å². The Bertz CT molecular complexity index is 517. The third-order valence-electron chi connectivity index (χ3n) is 3.79. The first-order valence-electron chi connectivity index (χ1n) is 6.88. The van der Waals surface area contributed by atoms with Gasteiger partial charge < -0.3 is 9.84 Å². The number of carboxylic acid groups (broad SMARTS) is 1. The molecule has 0 atom stereocenters. The number of carboxylic acids is 1. The van der Waals surface area contributed by atoms with Crippen LogP contribution in [-0.4, -0.2) is 17.2 Å². The van der Waals surface area contributed by atoms with Gasteiger partial charge in [0.25, 0.3) is 0 Å². The molecular formula is C15H17F3O3. The summed E-state index contributed by atoms with van der Waals surface area (Å²) in [7, 11) is 0. The number of rotatable bonds is 3. The van der Waals surface area contributed by atoms with Crippen molar-refractivity contribution < 1.29 is 27.8 Å². The molecule has 1 fully saturated rings. The minimum atomic E-state index is -4.57. The van der Waals surface area contributed by atoms with Gasteiger partial charge >= 0.3 is 12.1 Å². The second-order valence-corrected chi connectivity index (χ2v) is 5.51. The molecular weight excluding hydrogens is 285 g/mol. The molecule has 0 spiro atoms. The van der Waals surface area contributed by atoms with Gasteiger partial charge in [0.05, 0.1) is 11.7 Å². The molecule has 0 heterocycles. The Kier molecular flexibility index (Phi) is 4.44. The van der Waals surface area contributed by atoms with Crippen LogP contribution in [0.1, 0.15) is 48.5 Å². The molecule has 1 aliphatic carbocycles. The van der Waals surface area contributed by atoms with Crippen LogP contribution in [0.2, 0.25) is 0 Å². The van der Waals surface area contributed by atoms with Crippen LogP contribution in [0.25, 0.3) is 0 Å². The number of hydrogen-bond donors (Lipinski definition) is 1. The molecule has 3 nitrogen and oxygen atoms in total. The highest BCUT2D eigenvalue weighted by Crippen LogP contribution is 2.34. The molecule has 2 rings (SSSR count). The van der Waals surface area contributed by atoms with Crippen molar-refractivity contribution in [1.82, 2.24) is 0 Å². The molecule has 0 aromatic heterocycles. The second-order valence-electron chi connectivity index (χ2n) is 5.51. The Hall–Kier alpha value is -1.72. The van der Waals surface area contributed by atoms with Gasteiger partial charge in [0.15, 0.2) is 0 Å². The Balaban J connectivity index is 2.21. The first-order chi connectivity index (χ1) is 9.77. The minimum Gasteiger partial charge on any atom is -0.490 e. The van der Waals surface area contributed by atoms with Gasteiger partial charge in [0.1, 0.15) is 11.3 Å². The van der Waals surface area contributed by atoms with Crippen LogP contribution in [0.5, 0.6) is 5.75 Å². The normalized spacial score (nSPS) is 22.9. The minimum absolute atomic E-state index is 0.00931. The number of halogens is 3.